The van der Waals surface area contributed by atoms with Gasteiger partial charge in [-0.25, -0.2) is 0 Å². The van der Waals surface area contributed by atoms with Gasteiger partial charge in [-0.15, -0.1) is 0 Å². The molecule has 2 saturated heterocycles. The van der Waals surface area contributed by atoms with E-state index in [1.54, 1.807) is 7.11 Å². The van der Waals surface area contributed by atoms with Crippen LogP contribution < -0.4 is 9.64 Å². The van der Waals surface area contributed by atoms with Crippen LogP contribution >= 0.6 is 0 Å². The Morgan fingerprint density at radius 2 is 1.62 bits per heavy atom. The minimum absolute atomic E-state index is 0.0267. The van der Waals surface area contributed by atoms with Gasteiger partial charge in [-0.2, -0.15) is 0 Å². The van der Waals surface area contributed by atoms with E-state index in [9.17, 15) is 9.59 Å². The lowest BCUT2D eigenvalue weighted by Crippen LogP contribution is -2.49. The van der Waals surface area contributed by atoms with Crippen molar-refractivity contribution in [2.75, 3.05) is 57.8 Å². The Morgan fingerprint density at radius 1 is 0.946 bits per heavy atom. The number of likely N-dealkylation sites (tertiary alicyclic amines) is 1. The van der Waals surface area contributed by atoms with Crippen molar-refractivity contribution in [2.24, 2.45) is 17.3 Å². The lowest BCUT2D eigenvalue weighted by molar-refractivity contribution is -0.157. The van der Waals surface area contributed by atoms with Gasteiger partial charge in [0.25, 0.3) is 0 Å². The van der Waals surface area contributed by atoms with Gasteiger partial charge >= 0.3 is 5.97 Å². The zero-order valence-electron chi connectivity index (χ0n) is 24.2. The average Bonchev–Trinajstić information content (AvgIpc) is 2.81. The lowest BCUT2D eigenvalue weighted by atomic mass is 9.80. The van der Waals surface area contributed by atoms with Crippen molar-refractivity contribution < 1.29 is 19.1 Å². The Kier molecular flexibility index (Phi) is 9.90. The van der Waals surface area contributed by atoms with Crippen molar-refractivity contribution in [1.82, 2.24) is 9.80 Å². The molecule has 0 aliphatic carbocycles. The van der Waals surface area contributed by atoms with Gasteiger partial charge in [0.1, 0.15) is 11.4 Å². The summed E-state index contributed by atoms with van der Waals surface area (Å²) >= 11 is 0. The molecule has 0 aromatic heterocycles. The van der Waals surface area contributed by atoms with E-state index in [4.69, 9.17) is 9.47 Å². The fourth-order valence-electron chi connectivity index (χ4n) is 5.52. The number of piperazine rings is 1. The van der Waals surface area contributed by atoms with E-state index in [2.05, 4.69) is 42.7 Å². The molecule has 2 atom stereocenters. The molecule has 1 aromatic rings. The summed E-state index contributed by atoms with van der Waals surface area (Å²) < 4.78 is 11.2. The molecule has 0 bridgehead atoms. The summed E-state index contributed by atoms with van der Waals surface area (Å²) in [6, 6.07) is 8.21. The third-order valence-corrected chi connectivity index (χ3v) is 7.39. The topological polar surface area (TPSA) is 62.3 Å². The maximum atomic E-state index is 13.0. The van der Waals surface area contributed by atoms with Gasteiger partial charge in [0.15, 0.2) is 0 Å². The number of benzene rings is 1. The predicted molar refractivity (Wildman–Crippen MR) is 149 cm³/mol. The largest absolute Gasteiger partial charge is 0.495 e. The second-order valence-corrected chi connectivity index (χ2v) is 13.0. The van der Waals surface area contributed by atoms with E-state index in [-0.39, 0.29) is 23.2 Å². The lowest BCUT2D eigenvalue weighted by Gasteiger charge is -2.41. The second-order valence-electron chi connectivity index (χ2n) is 13.0. The molecule has 208 valence electrons. The number of esters is 1. The number of hydrogen-bond donors (Lipinski definition) is 0. The Morgan fingerprint density at radius 3 is 2.24 bits per heavy atom. The van der Waals surface area contributed by atoms with Crippen LogP contribution in [0.3, 0.4) is 0 Å². The molecule has 7 nitrogen and oxygen atoms in total. The summed E-state index contributed by atoms with van der Waals surface area (Å²) in [5.74, 6) is 1.59. The molecular formula is C30H49N3O4. The van der Waals surface area contributed by atoms with Gasteiger partial charge in [-0.05, 0) is 69.5 Å². The molecule has 2 fully saturated rings. The van der Waals surface area contributed by atoms with Gasteiger partial charge in [0.2, 0.25) is 5.91 Å². The van der Waals surface area contributed by atoms with Gasteiger partial charge in [-0.3, -0.25) is 14.5 Å². The van der Waals surface area contributed by atoms with E-state index in [1.807, 2.05) is 37.8 Å². The summed E-state index contributed by atoms with van der Waals surface area (Å²) in [7, 11) is 1.72. The molecule has 0 saturated carbocycles. The molecule has 3 rings (SSSR count). The standard InChI is InChI=1S/C30H49N3O4/c1-29(2,3)21-27(34)33-15-13-23(20-28(35)37-30(4,5)6)24(22-33)12-14-31-16-18-32(19-17-31)25-10-8-9-11-26(25)36-7/h8-11,23-24H,12-22H2,1-7H3. The monoisotopic (exact) mass is 515 g/mol. The highest BCUT2D eigenvalue weighted by Gasteiger charge is 2.35. The van der Waals surface area contributed by atoms with Crippen LogP contribution in [0.2, 0.25) is 0 Å². The van der Waals surface area contributed by atoms with Crippen molar-refractivity contribution in [2.45, 2.75) is 72.8 Å². The fraction of sp³-hybridized carbons (Fsp3) is 0.733. The Balaban J connectivity index is 1.59. The summed E-state index contributed by atoms with van der Waals surface area (Å²) in [5, 5.41) is 0. The molecule has 7 heteroatoms. The molecule has 2 unspecified atom stereocenters. The van der Waals surface area contributed by atoms with E-state index in [1.165, 1.54) is 0 Å². The third-order valence-electron chi connectivity index (χ3n) is 7.39. The Hall–Kier alpha value is -2.28. The molecular weight excluding hydrogens is 466 g/mol. The molecule has 0 N–H and O–H groups in total. The van der Waals surface area contributed by atoms with Crippen molar-refractivity contribution in [1.29, 1.82) is 0 Å². The number of piperidine rings is 1. The summed E-state index contributed by atoms with van der Waals surface area (Å²) in [6.07, 6.45) is 2.84. The van der Waals surface area contributed by atoms with Crippen LogP contribution in [0.1, 0.15) is 67.2 Å². The van der Waals surface area contributed by atoms with E-state index >= 15 is 0 Å². The number of anilines is 1. The maximum absolute atomic E-state index is 13.0. The fourth-order valence-corrected chi connectivity index (χ4v) is 5.52. The van der Waals surface area contributed by atoms with Gasteiger partial charge in [0, 0.05) is 52.1 Å². The number of methoxy groups -OCH3 is 1. The number of hydrogen-bond acceptors (Lipinski definition) is 6. The van der Waals surface area contributed by atoms with Crippen LogP contribution in [0.4, 0.5) is 5.69 Å². The minimum atomic E-state index is -0.475. The normalized spacial score (nSPS) is 21.6. The van der Waals surface area contributed by atoms with E-state index in [0.29, 0.717) is 18.8 Å². The molecule has 2 aliphatic heterocycles. The number of nitrogens with zero attached hydrogens (tertiary/aromatic N) is 3. The van der Waals surface area contributed by atoms with Crippen molar-refractivity contribution >= 4 is 17.6 Å². The predicted octanol–water partition coefficient (Wildman–Crippen LogP) is 4.84. The molecule has 37 heavy (non-hydrogen) atoms. The van der Waals surface area contributed by atoms with Crippen molar-refractivity contribution in [3.8, 4) is 5.75 Å². The number of amides is 1. The quantitative estimate of drug-likeness (QED) is 0.462. The van der Waals surface area contributed by atoms with Crippen LogP contribution in [0.25, 0.3) is 0 Å². The molecule has 1 amide bonds. The van der Waals surface area contributed by atoms with Crippen molar-refractivity contribution in [3.63, 3.8) is 0 Å². The highest BCUT2D eigenvalue weighted by molar-refractivity contribution is 5.77. The molecule has 0 spiro atoms. The summed E-state index contributed by atoms with van der Waals surface area (Å²) in [5.41, 5.74) is 0.653. The highest BCUT2D eigenvalue weighted by Crippen LogP contribution is 2.33. The SMILES string of the molecule is COc1ccccc1N1CCN(CCC2CN(C(=O)CC(C)(C)C)CCC2CC(=O)OC(C)(C)C)CC1. The van der Waals surface area contributed by atoms with Crippen LogP contribution in [0.15, 0.2) is 24.3 Å². The molecule has 0 radical (unpaired) electrons. The van der Waals surface area contributed by atoms with E-state index in [0.717, 1.165) is 70.1 Å². The first-order chi connectivity index (χ1) is 17.3. The van der Waals surface area contributed by atoms with Gasteiger partial charge in [-0.1, -0.05) is 32.9 Å². The zero-order valence-corrected chi connectivity index (χ0v) is 24.2. The third kappa shape index (κ3) is 9.20. The minimum Gasteiger partial charge on any atom is -0.495 e. The Bertz CT molecular complexity index is 897. The number of ether oxygens (including phenoxy) is 2. The highest BCUT2D eigenvalue weighted by atomic mass is 16.6. The smallest absolute Gasteiger partial charge is 0.306 e. The number of rotatable bonds is 8. The van der Waals surface area contributed by atoms with Crippen LogP contribution in [-0.4, -0.2) is 80.2 Å². The first kappa shape index (κ1) is 29.3. The number of carbonyl (C=O) groups excluding carboxylic acids is 2. The maximum Gasteiger partial charge on any atom is 0.306 e. The number of carbonyl (C=O) groups is 2. The van der Waals surface area contributed by atoms with Crippen molar-refractivity contribution in [3.05, 3.63) is 24.3 Å². The molecule has 2 heterocycles. The van der Waals surface area contributed by atoms with Crippen LogP contribution in [0.5, 0.6) is 5.75 Å². The first-order valence-electron chi connectivity index (χ1n) is 13.9. The summed E-state index contributed by atoms with van der Waals surface area (Å²) in [6.45, 7) is 18.5. The van der Waals surface area contributed by atoms with E-state index < -0.39 is 5.60 Å². The average molecular weight is 516 g/mol. The Labute approximate surface area is 224 Å². The van der Waals surface area contributed by atoms with Crippen LogP contribution in [0, 0.1) is 17.3 Å². The summed E-state index contributed by atoms with van der Waals surface area (Å²) in [4.78, 5) is 32.6. The zero-order chi connectivity index (χ0) is 27.2. The molecule has 2 aliphatic rings. The van der Waals surface area contributed by atoms with Crippen LogP contribution in [-0.2, 0) is 14.3 Å². The second kappa shape index (κ2) is 12.5. The first-order valence-corrected chi connectivity index (χ1v) is 13.9. The molecule has 1 aromatic carbocycles. The van der Waals surface area contributed by atoms with Gasteiger partial charge < -0.3 is 19.3 Å². The van der Waals surface area contributed by atoms with Gasteiger partial charge in [0.05, 0.1) is 12.8 Å². The number of para-hydroxylation sites is 2.